The van der Waals surface area contributed by atoms with E-state index in [1.807, 2.05) is 6.07 Å². The molecule has 1 aromatic rings. The van der Waals surface area contributed by atoms with Crippen LogP contribution in [0.15, 0.2) is 24.3 Å². The third-order valence-corrected chi connectivity index (χ3v) is 5.43. The van der Waals surface area contributed by atoms with Gasteiger partial charge in [0.1, 0.15) is 18.1 Å². The first kappa shape index (κ1) is 16.3. The van der Waals surface area contributed by atoms with Crippen molar-refractivity contribution in [2.75, 3.05) is 18.9 Å². The van der Waals surface area contributed by atoms with Crippen LogP contribution in [0.1, 0.15) is 25.7 Å². The lowest BCUT2D eigenvalue weighted by Crippen LogP contribution is -2.33. The molecule has 0 spiro atoms. The molecule has 1 aliphatic rings. The minimum atomic E-state index is -1.04. The van der Waals surface area contributed by atoms with Gasteiger partial charge in [0.2, 0.25) is 5.91 Å². The minimum absolute atomic E-state index is 0.0990. The lowest BCUT2D eigenvalue weighted by atomic mass is 10.3. The summed E-state index contributed by atoms with van der Waals surface area (Å²) in [6.45, 7) is 0.759. The summed E-state index contributed by atoms with van der Waals surface area (Å²) in [5, 5.41) is 3.55. The molecule has 6 heteroatoms. The van der Waals surface area contributed by atoms with Gasteiger partial charge in [0.05, 0.1) is 6.54 Å². The van der Waals surface area contributed by atoms with Crippen LogP contribution in [-0.2, 0) is 15.6 Å². The van der Waals surface area contributed by atoms with Crippen LogP contribution in [0.25, 0.3) is 0 Å². The Morgan fingerprint density at radius 3 is 2.86 bits per heavy atom. The van der Waals surface area contributed by atoms with E-state index >= 15 is 0 Å². The van der Waals surface area contributed by atoms with Crippen molar-refractivity contribution >= 4 is 28.3 Å². The van der Waals surface area contributed by atoms with Crippen molar-refractivity contribution in [1.29, 1.82) is 0 Å². The second kappa shape index (κ2) is 8.39. The first-order chi connectivity index (χ1) is 10.1. The van der Waals surface area contributed by atoms with Gasteiger partial charge in [0.15, 0.2) is 0 Å². The molecule has 0 saturated heterocycles. The molecule has 21 heavy (non-hydrogen) atoms. The Morgan fingerprint density at radius 2 is 2.14 bits per heavy atom. The van der Waals surface area contributed by atoms with Crippen LogP contribution in [-0.4, -0.2) is 34.3 Å². The van der Waals surface area contributed by atoms with Gasteiger partial charge < -0.3 is 10.1 Å². The fourth-order valence-electron chi connectivity index (χ4n) is 2.37. The van der Waals surface area contributed by atoms with Gasteiger partial charge in [0.25, 0.3) is 0 Å². The molecule has 1 saturated carbocycles. The number of hydrogen-bond donors (Lipinski definition) is 1. The van der Waals surface area contributed by atoms with Crippen LogP contribution in [0, 0.1) is 0 Å². The molecule has 1 aromatic carbocycles. The average Bonchev–Trinajstić information content (AvgIpc) is 2.98. The number of nitrogens with one attached hydrogen (secondary N) is 1. The maximum atomic E-state index is 12.0. The van der Waals surface area contributed by atoms with Gasteiger partial charge in [-0.3, -0.25) is 9.00 Å². The number of rotatable bonds is 7. The molecule has 0 radical (unpaired) electrons. The van der Waals surface area contributed by atoms with E-state index in [-0.39, 0.29) is 16.9 Å². The fraction of sp³-hybridized carbons (Fsp3) is 0.533. The number of benzene rings is 1. The highest BCUT2D eigenvalue weighted by Gasteiger charge is 2.22. The van der Waals surface area contributed by atoms with Crippen LogP contribution in [0.2, 0.25) is 5.02 Å². The van der Waals surface area contributed by atoms with E-state index in [9.17, 15) is 9.00 Å². The quantitative estimate of drug-likeness (QED) is 0.782. The van der Waals surface area contributed by atoms with Gasteiger partial charge in [-0.15, -0.1) is 0 Å². The molecule has 0 aromatic heterocycles. The Balaban J connectivity index is 1.61. The molecule has 1 N–H and O–H groups in total. The summed E-state index contributed by atoms with van der Waals surface area (Å²) < 4.78 is 17.4. The molecule has 1 aliphatic carbocycles. The third-order valence-electron chi connectivity index (χ3n) is 3.44. The third kappa shape index (κ3) is 5.67. The zero-order valence-corrected chi connectivity index (χ0v) is 13.4. The first-order valence-corrected chi connectivity index (χ1v) is 8.93. The highest BCUT2D eigenvalue weighted by atomic mass is 35.5. The predicted octanol–water partition coefficient (Wildman–Crippen LogP) is 2.53. The number of carbonyl (C=O) groups is 1. The van der Waals surface area contributed by atoms with Crippen LogP contribution < -0.4 is 10.1 Å². The second-order valence-corrected chi connectivity index (χ2v) is 7.24. The van der Waals surface area contributed by atoms with Crippen LogP contribution in [0.5, 0.6) is 5.75 Å². The van der Waals surface area contributed by atoms with E-state index in [4.69, 9.17) is 16.3 Å². The molecule has 1 fully saturated rings. The van der Waals surface area contributed by atoms with E-state index in [0.717, 1.165) is 25.7 Å². The van der Waals surface area contributed by atoms with E-state index in [1.165, 1.54) is 0 Å². The Morgan fingerprint density at radius 1 is 1.38 bits per heavy atom. The Labute approximate surface area is 132 Å². The average molecular weight is 330 g/mol. The predicted molar refractivity (Wildman–Crippen MR) is 85.2 cm³/mol. The van der Waals surface area contributed by atoms with Crippen molar-refractivity contribution in [3.63, 3.8) is 0 Å². The highest BCUT2D eigenvalue weighted by Crippen LogP contribution is 2.22. The largest absolute Gasteiger partial charge is 0.492 e. The van der Waals surface area contributed by atoms with Gasteiger partial charge in [-0.05, 0) is 31.0 Å². The first-order valence-electron chi connectivity index (χ1n) is 7.17. The van der Waals surface area contributed by atoms with Gasteiger partial charge in [-0.25, -0.2) is 0 Å². The standard InChI is InChI=1S/C15H20ClNO3S/c16-12-4-3-5-13(10-12)20-9-8-17-15(18)11-21(19)14-6-1-2-7-14/h3-5,10,14H,1-2,6-9,11H2,(H,17,18)/t21-/m0/s1. The molecule has 116 valence electrons. The smallest absolute Gasteiger partial charge is 0.232 e. The van der Waals surface area contributed by atoms with Crippen molar-refractivity contribution in [1.82, 2.24) is 5.32 Å². The van der Waals surface area contributed by atoms with Gasteiger partial charge in [0, 0.05) is 21.1 Å². The van der Waals surface area contributed by atoms with E-state index in [0.29, 0.717) is 23.9 Å². The normalized spacial score (nSPS) is 16.6. The minimum Gasteiger partial charge on any atom is -0.492 e. The van der Waals surface area contributed by atoms with Crippen molar-refractivity contribution < 1.29 is 13.7 Å². The van der Waals surface area contributed by atoms with Gasteiger partial charge in [-0.1, -0.05) is 30.5 Å². The molecular weight excluding hydrogens is 310 g/mol. The number of ether oxygens (including phenoxy) is 1. The summed E-state index contributed by atoms with van der Waals surface area (Å²) in [7, 11) is -1.04. The van der Waals surface area contributed by atoms with Crippen LogP contribution >= 0.6 is 11.6 Å². The summed E-state index contributed by atoms with van der Waals surface area (Å²) in [4.78, 5) is 11.7. The highest BCUT2D eigenvalue weighted by molar-refractivity contribution is 7.86. The van der Waals surface area contributed by atoms with Crippen molar-refractivity contribution in [3.8, 4) is 5.75 Å². The topological polar surface area (TPSA) is 55.4 Å². The molecule has 0 heterocycles. The number of carbonyl (C=O) groups excluding carboxylic acids is 1. The molecule has 1 atom stereocenters. The van der Waals surface area contributed by atoms with Crippen molar-refractivity contribution in [2.45, 2.75) is 30.9 Å². The molecule has 1 amide bonds. The van der Waals surface area contributed by atoms with Crippen molar-refractivity contribution in [3.05, 3.63) is 29.3 Å². The molecule has 4 nitrogen and oxygen atoms in total. The molecule has 2 rings (SSSR count). The molecule has 0 bridgehead atoms. The Kier molecular flexibility index (Phi) is 6.51. The van der Waals surface area contributed by atoms with Gasteiger partial charge in [-0.2, -0.15) is 0 Å². The monoisotopic (exact) mass is 329 g/mol. The Hall–Kier alpha value is -1.07. The summed E-state index contributed by atoms with van der Waals surface area (Å²) in [6.07, 6.45) is 4.23. The maximum Gasteiger partial charge on any atom is 0.232 e. The van der Waals surface area contributed by atoms with E-state index in [2.05, 4.69) is 5.32 Å². The number of hydrogen-bond acceptors (Lipinski definition) is 3. The zero-order valence-electron chi connectivity index (χ0n) is 11.8. The number of amides is 1. The molecule has 0 aliphatic heterocycles. The SMILES string of the molecule is O=C(C[S@](=O)C1CCCC1)NCCOc1cccc(Cl)c1. The van der Waals surface area contributed by atoms with Crippen LogP contribution in [0.4, 0.5) is 0 Å². The van der Waals surface area contributed by atoms with Crippen LogP contribution in [0.3, 0.4) is 0 Å². The second-order valence-electron chi connectivity index (χ2n) is 5.09. The lowest BCUT2D eigenvalue weighted by Gasteiger charge is -2.10. The lowest BCUT2D eigenvalue weighted by molar-refractivity contribution is -0.118. The summed E-state index contributed by atoms with van der Waals surface area (Å²) >= 11 is 5.84. The Bertz CT molecular complexity index is 503. The maximum absolute atomic E-state index is 12.0. The summed E-state index contributed by atoms with van der Waals surface area (Å²) in [6, 6.07) is 7.11. The van der Waals surface area contributed by atoms with E-state index < -0.39 is 10.8 Å². The molecule has 0 unspecified atom stereocenters. The number of halogens is 1. The van der Waals surface area contributed by atoms with Crippen molar-refractivity contribution in [2.24, 2.45) is 0 Å². The van der Waals surface area contributed by atoms with Gasteiger partial charge >= 0.3 is 0 Å². The summed E-state index contributed by atoms with van der Waals surface area (Å²) in [5.74, 6) is 0.600. The zero-order chi connectivity index (χ0) is 15.1. The fourth-order valence-corrected chi connectivity index (χ4v) is 4.00. The molecular formula is C15H20ClNO3S. The summed E-state index contributed by atoms with van der Waals surface area (Å²) in [5.41, 5.74) is 0. The van der Waals surface area contributed by atoms with E-state index in [1.54, 1.807) is 18.2 Å².